The Bertz CT molecular complexity index is 1120. The summed E-state index contributed by atoms with van der Waals surface area (Å²) in [4.78, 5) is 48.5. The van der Waals surface area contributed by atoms with E-state index in [1.165, 1.54) is 37.4 Å². The summed E-state index contributed by atoms with van der Waals surface area (Å²) >= 11 is 0. The highest BCUT2D eigenvalue weighted by molar-refractivity contribution is 5.97. The molecule has 12 heteroatoms. The Hall–Kier alpha value is -4.61. The van der Waals surface area contributed by atoms with Crippen LogP contribution in [0.3, 0.4) is 0 Å². The number of nitrogens with one attached hydrogen (secondary N) is 2. The van der Waals surface area contributed by atoms with Gasteiger partial charge in [-0.25, -0.2) is 14.8 Å². The molecule has 2 aromatic heterocycles. The fourth-order valence-corrected chi connectivity index (χ4v) is 2.71. The Balaban J connectivity index is 1.95. The number of aromatic nitrogens is 3. The number of esters is 1. The van der Waals surface area contributed by atoms with Crippen LogP contribution in [0.25, 0.3) is 0 Å². The summed E-state index contributed by atoms with van der Waals surface area (Å²) in [7, 11) is 2.74. The minimum absolute atomic E-state index is 0.106. The lowest BCUT2D eigenvalue weighted by Crippen LogP contribution is -2.31. The normalized spacial score (nSPS) is 10.1. The smallest absolute Gasteiger partial charge is 0.355 e. The Kier molecular flexibility index (Phi) is 6.30. The highest BCUT2D eigenvalue weighted by atomic mass is 16.6. The van der Waals surface area contributed by atoms with Gasteiger partial charge in [-0.05, 0) is 24.3 Å². The number of amides is 1. The van der Waals surface area contributed by atoms with Crippen molar-refractivity contribution in [3.63, 3.8) is 0 Å². The predicted molar refractivity (Wildman–Crippen MR) is 110 cm³/mol. The molecule has 0 atom stereocenters. The van der Waals surface area contributed by atoms with Crippen molar-refractivity contribution >= 4 is 34.9 Å². The van der Waals surface area contributed by atoms with E-state index in [2.05, 4.69) is 25.8 Å². The van der Waals surface area contributed by atoms with Gasteiger partial charge in [-0.2, -0.15) is 0 Å². The van der Waals surface area contributed by atoms with Crippen LogP contribution in [0.15, 0.2) is 55.0 Å². The monoisotopic (exact) mass is 423 g/mol. The third-order valence-corrected chi connectivity index (χ3v) is 4.17. The third kappa shape index (κ3) is 4.53. The van der Waals surface area contributed by atoms with E-state index in [1.807, 2.05) is 0 Å². The first-order chi connectivity index (χ1) is 14.9. The molecule has 12 nitrogen and oxygen atoms in total. The first kappa shape index (κ1) is 21.1. The second-order valence-corrected chi connectivity index (χ2v) is 6.01. The minimum atomic E-state index is -0.693. The maximum Gasteiger partial charge on any atom is 0.355 e. The van der Waals surface area contributed by atoms with Crippen LogP contribution in [-0.2, 0) is 4.74 Å². The number of para-hydroxylation sites is 1. The summed E-state index contributed by atoms with van der Waals surface area (Å²) in [6.45, 7) is 0. The highest BCUT2D eigenvalue weighted by Gasteiger charge is 2.28. The molecule has 0 radical (unpaired) electrons. The number of hydrazine groups is 1. The van der Waals surface area contributed by atoms with E-state index in [9.17, 15) is 19.7 Å². The Morgan fingerprint density at radius 3 is 2.52 bits per heavy atom. The first-order valence-corrected chi connectivity index (χ1v) is 8.82. The van der Waals surface area contributed by atoms with Gasteiger partial charge in [0.2, 0.25) is 11.6 Å². The summed E-state index contributed by atoms with van der Waals surface area (Å²) in [5, 5.41) is 11.8. The molecule has 2 N–H and O–H groups in total. The fraction of sp³-hybridized carbons (Fsp3) is 0.105. The van der Waals surface area contributed by atoms with Gasteiger partial charge in [0.15, 0.2) is 0 Å². The number of ether oxygens (including phenoxy) is 1. The average Bonchev–Trinajstić information content (AvgIpc) is 2.81. The number of rotatable bonds is 7. The molecule has 0 aliphatic carbocycles. The minimum Gasteiger partial charge on any atom is -0.465 e. The summed E-state index contributed by atoms with van der Waals surface area (Å²) in [5.74, 6) is -1.58. The number of anilines is 3. The molecule has 0 fully saturated rings. The second-order valence-electron chi connectivity index (χ2n) is 6.01. The number of methoxy groups -OCH3 is 1. The highest BCUT2D eigenvalue weighted by Crippen LogP contribution is 2.35. The van der Waals surface area contributed by atoms with Gasteiger partial charge in [-0.15, -0.1) is 0 Å². The fourth-order valence-electron chi connectivity index (χ4n) is 2.71. The van der Waals surface area contributed by atoms with Crippen LogP contribution in [0.2, 0.25) is 0 Å². The molecule has 0 spiro atoms. The van der Waals surface area contributed by atoms with E-state index in [4.69, 9.17) is 4.74 Å². The lowest BCUT2D eigenvalue weighted by Gasteiger charge is -2.21. The number of carbonyl (C=O) groups is 2. The lowest BCUT2D eigenvalue weighted by molar-refractivity contribution is -0.383. The topological polar surface area (TPSA) is 152 Å². The molecule has 158 valence electrons. The van der Waals surface area contributed by atoms with Crippen molar-refractivity contribution < 1.29 is 19.2 Å². The summed E-state index contributed by atoms with van der Waals surface area (Å²) < 4.78 is 4.77. The largest absolute Gasteiger partial charge is 0.465 e. The van der Waals surface area contributed by atoms with E-state index in [0.29, 0.717) is 5.69 Å². The first-order valence-electron chi connectivity index (χ1n) is 8.82. The van der Waals surface area contributed by atoms with Crippen LogP contribution < -0.4 is 15.8 Å². The van der Waals surface area contributed by atoms with Crippen LogP contribution in [0, 0.1) is 10.1 Å². The van der Waals surface area contributed by atoms with Gasteiger partial charge in [-0.3, -0.25) is 30.7 Å². The molecule has 1 aromatic carbocycles. The van der Waals surface area contributed by atoms with E-state index >= 15 is 0 Å². The summed E-state index contributed by atoms with van der Waals surface area (Å²) in [5.41, 5.74) is 4.88. The lowest BCUT2D eigenvalue weighted by atomic mass is 10.1. The van der Waals surface area contributed by atoms with Gasteiger partial charge < -0.3 is 9.64 Å². The summed E-state index contributed by atoms with van der Waals surface area (Å²) in [6, 6.07) is 11.2. The van der Waals surface area contributed by atoms with E-state index in [0.717, 1.165) is 6.33 Å². The van der Waals surface area contributed by atoms with Crippen LogP contribution in [0.5, 0.6) is 0 Å². The standard InChI is InChI=1S/C19H17N7O5/c1-25(14-9-4-3-7-12(14)19(28)31-2)17-15(26(29)30)16(21-11-22-17)23-24-18(27)13-8-5-6-10-20-13/h3-11H,1-2H3,(H,24,27)(H,21,22,23). The predicted octanol–water partition coefficient (Wildman–Crippen LogP) is 2.09. The molecule has 2 heterocycles. The molecule has 3 rings (SSSR count). The quantitative estimate of drug-likeness (QED) is 0.328. The number of nitrogens with zero attached hydrogens (tertiary/aromatic N) is 5. The zero-order valence-electron chi connectivity index (χ0n) is 16.5. The molecule has 0 aliphatic rings. The van der Waals surface area contributed by atoms with Crippen molar-refractivity contribution in [2.45, 2.75) is 0 Å². The molecule has 0 saturated heterocycles. The zero-order valence-corrected chi connectivity index (χ0v) is 16.5. The molecular weight excluding hydrogens is 406 g/mol. The Labute approximate surface area is 176 Å². The van der Waals surface area contributed by atoms with Gasteiger partial charge in [0.1, 0.15) is 12.0 Å². The Morgan fingerprint density at radius 1 is 1.10 bits per heavy atom. The van der Waals surface area contributed by atoms with E-state index < -0.39 is 22.5 Å². The van der Waals surface area contributed by atoms with Crippen molar-refractivity contribution in [3.05, 3.63) is 76.4 Å². The molecular formula is C19H17N7O5. The van der Waals surface area contributed by atoms with Crippen molar-refractivity contribution in [2.75, 3.05) is 24.5 Å². The number of nitro groups is 1. The van der Waals surface area contributed by atoms with Crippen LogP contribution in [-0.4, -0.2) is 45.9 Å². The number of hydrogen-bond donors (Lipinski definition) is 2. The van der Waals surface area contributed by atoms with Crippen LogP contribution >= 0.6 is 0 Å². The second kappa shape index (κ2) is 9.26. The maximum absolute atomic E-state index is 12.2. The number of benzene rings is 1. The number of pyridine rings is 1. The molecule has 0 saturated carbocycles. The van der Waals surface area contributed by atoms with Gasteiger partial charge in [0, 0.05) is 13.2 Å². The molecule has 31 heavy (non-hydrogen) atoms. The van der Waals surface area contributed by atoms with Gasteiger partial charge in [0.05, 0.1) is 23.3 Å². The number of carbonyl (C=O) groups excluding carboxylic acids is 2. The molecule has 0 aliphatic heterocycles. The van der Waals surface area contributed by atoms with E-state index in [-0.39, 0.29) is 22.9 Å². The van der Waals surface area contributed by atoms with E-state index in [1.54, 1.807) is 30.3 Å². The average molecular weight is 423 g/mol. The van der Waals surface area contributed by atoms with Crippen LogP contribution in [0.1, 0.15) is 20.8 Å². The van der Waals surface area contributed by atoms with Crippen molar-refractivity contribution in [2.24, 2.45) is 0 Å². The molecule has 0 bridgehead atoms. The summed E-state index contributed by atoms with van der Waals surface area (Å²) in [6.07, 6.45) is 2.53. The van der Waals surface area contributed by atoms with Gasteiger partial charge >= 0.3 is 11.7 Å². The number of hydrogen-bond acceptors (Lipinski definition) is 10. The van der Waals surface area contributed by atoms with Gasteiger partial charge in [-0.1, -0.05) is 18.2 Å². The van der Waals surface area contributed by atoms with Crippen molar-refractivity contribution in [1.29, 1.82) is 0 Å². The van der Waals surface area contributed by atoms with Crippen molar-refractivity contribution in [3.8, 4) is 0 Å². The SMILES string of the molecule is COC(=O)c1ccccc1N(C)c1ncnc(NNC(=O)c2ccccn2)c1[N+](=O)[O-]. The molecule has 3 aromatic rings. The Morgan fingerprint density at radius 2 is 1.84 bits per heavy atom. The van der Waals surface area contributed by atoms with Crippen molar-refractivity contribution in [1.82, 2.24) is 20.4 Å². The molecule has 0 unspecified atom stereocenters. The zero-order chi connectivity index (χ0) is 22.4. The van der Waals surface area contributed by atoms with Gasteiger partial charge in [0.25, 0.3) is 5.91 Å². The third-order valence-electron chi connectivity index (χ3n) is 4.17. The molecule has 1 amide bonds. The van der Waals surface area contributed by atoms with Crippen LogP contribution in [0.4, 0.5) is 23.0 Å². The maximum atomic E-state index is 12.2.